The normalized spacial score (nSPS) is 38.6. The Morgan fingerprint density at radius 2 is 1.76 bits per heavy atom. The number of hydrogen-bond acceptors (Lipinski definition) is 8. The summed E-state index contributed by atoms with van der Waals surface area (Å²) in [5, 5.41) is 12.7. The molecule has 5 saturated heterocycles. The first-order chi connectivity index (χ1) is 19.7. The number of aromatic nitrogens is 1. The van der Waals surface area contributed by atoms with E-state index in [1.165, 1.54) is 88.8 Å². The highest BCUT2D eigenvalue weighted by Gasteiger charge is 2.47. The molecule has 0 saturated carbocycles. The highest BCUT2D eigenvalue weighted by Crippen LogP contribution is 2.42. The second kappa shape index (κ2) is 12.6. The van der Waals surface area contributed by atoms with Gasteiger partial charge in [0.25, 0.3) is 0 Å². The van der Waals surface area contributed by atoms with Gasteiger partial charge in [-0.2, -0.15) is 0 Å². The van der Waals surface area contributed by atoms with Crippen LogP contribution in [-0.4, -0.2) is 65.3 Å². The van der Waals surface area contributed by atoms with Crippen molar-refractivity contribution in [3.8, 4) is 0 Å². The summed E-state index contributed by atoms with van der Waals surface area (Å²) in [6, 6.07) is 5.48. The highest BCUT2D eigenvalue weighted by atomic mass is 32.2. The molecule has 6 heterocycles. The van der Waals surface area contributed by atoms with E-state index < -0.39 is 0 Å². The number of anilines is 1. The molecule has 0 aliphatic carbocycles. The zero-order valence-corrected chi connectivity index (χ0v) is 27.2. The summed E-state index contributed by atoms with van der Waals surface area (Å²) in [5.41, 5.74) is 2.99. The minimum Gasteiger partial charge on any atom is -0.370 e. The molecule has 6 rings (SSSR count). The van der Waals surface area contributed by atoms with E-state index in [0.29, 0.717) is 29.7 Å². The average Bonchev–Trinajstić information content (AvgIpc) is 3.58. The van der Waals surface area contributed by atoms with E-state index in [2.05, 4.69) is 83.4 Å². The molecule has 0 radical (unpaired) electrons. The molecule has 4 N–H and O–H groups in total. The second-order valence-electron chi connectivity index (χ2n) is 15.4. The lowest BCUT2D eigenvalue weighted by Crippen LogP contribution is -2.63. The van der Waals surface area contributed by atoms with Gasteiger partial charge in [-0.3, -0.25) is 30.6 Å². The Hall–Kier alpha value is -0.900. The fraction of sp³-hybridized carbons (Fsp3) is 0.848. The van der Waals surface area contributed by atoms with Crippen LogP contribution >= 0.6 is 11.9 Å². The van der Waals surface area contributed by atoms with Crippen LogP contribution in [0.3, 0.4) is 0 Å². The van der Waals surface area contributed by atoms with Crippen molar-refractivity contribution in [1.82, 2.24) is 30.6 Å². The summed E-state index contributed by atoms with van der Waals surface area (Å²) < 4.78 is 3.87. The molecule has 7 unspecified atom stereocenters. The Balaban J connectivity index is 1.23. The zero-order valence-electron chi connectivity index (χ0n) is 26.4. The standard InChI is InChI=1S/C33H57N7S/c1-32(2,3)28-16-12-24-20-35-41-30-10-8-9-29(38-30)36-27(26-15-13-25(21-34-26)39-17-6-7-18-39)14-11-23-19-33(4,5)40(22-23)31(24)37-28/h13,15,21,23-24,27-31,35-38H,6-12,14,16-20,22H2,1-5H3/t23-,24?,27?,28?,29?,30?,31?/m0/s1. The quantitative estimate of drug-likeness (QED) is 0.335. The number of hydrogen-bond donors (Lipinski definition) is 4. The minimum absolute atomic E-state index is 0.210. The first-order valence-corrected chi connectivity index (χ1v) is 17.7. The molecule has 5 aliphatic heterocycles. The maximum atomic E-state index is 5.07. The van der Waals surface area contributed by atoms with E-state index in [4.69, 9.17) is 4.98 Å². The largest absolute Gasteiger partial charge is 0.370 e. The molecular weight excluding hydrogens is 526 g/mol. The van der Waals surface area contributed by atoms with Gasteiger partial charge >= 0.3 is 0 Å². The van der Waals surface area contributed by atoms with Crippen molar-refractivity contribution in [2.75, 3.05) is 31.1 Å². The molecule has 41 heavy (non-hydrogen) atoms. The molecule has 8 heteroatoms. The van der Waals surface area contributed by atoms with Crippen LogP contribution in [0.25, 0.3) is 0 Å². The van der Waals surface area contributed by atoms with E-state index in [1.807, 2.05) is 11.9 Å². The van der Waals surface area contributed by atoms with Gasteiger partial charge in [0.05, 0.1) is 41.3 Å². The molecule has 0 spiro atoms. The van der Waals surface area contributed by atoms with E-state index in [9.17, 15) is 0 Å². The maximum Gasteiger partial charge on any atom is 0.0690 e. The molecule has 230 valence electrons. The number of fused-ring (bicyclic) bond motifs is 6. The lowest BCUT2D eigenvalue weighted by atomic mass is 9.78. The number of rotatable bonds is 2. The van der Waals surface area contributed by atoms with Crippen LogP contribution in [0.15, 0.2) is 18.3 Å². The van der Waals surface area contributed by atoms with Crippen LogP contribution in [0.4, 0.5) is 5.69 Å². The molecular formula is C33H57N7S. The van der Waals surface area contributed by atoms with E-state index in [-0.39, 0.29) is 17.0 Å². The average molecular weight is 584 g/mol. The van der Waals surface area contributed by atoms with Crippen molar-refractivity contribution in [2.24, 2.45) is 17.3 Å². The first kappa shape index (κ1) is 30.1. The van der Waals surface area contributed by atoms with Crippen molar-refractivity contribution in [2.45, 2.75) is 134 Å². The molecule has 5 fully saturated rings. The van der Waals surface area contributed by atoms with Gasteiger partial charge < -0.3 is 4.90 Å². The van der Waals surface area contributed by atoms with Gasteiger partial charge in [0.1, 0.15) is 0 Å². The third-order valence-electron chi connectivity index (χ3n) is 10.8. The van der Waals surface area contributed by atoms with Gasteiger partial charge in [-0.1, -0.05) is 32.7 Å². The first-order valence-electron chi connectivity index (χ1n) is 16.8. The summed E-state index contributed by atoms with van der Waals surface area (Å²) in [7, 11) is 0. The van der Waals surface area contributed by atoms with E-state index in [0.717, 1.165) is 18.9 Å². The van der Waals surface area contributed by atoms with Crippen molar-refractivity contribution in [3.05, 3.63) is 24.0 Å². The molecule has 1 aromatic rings. The zero-order chi connectivity index (χ0) is 28.6. The van der Waals surface area contributed by atoms with Gasteiger partial charge in [0.2, 0.25) is 0 Å². The van der Waals surface area contributed by atoms with Crippen LogP contribution in [0, 0.1) is 17.3 Å². The van der Waals surface area contributed by atoms with E-state index >= 15 is 0 Å². The van der Waals surface area contributed by atoms with E-state index in [1.54, 1.807) is 0 Å². The summed E-state index contributed by atoms with van der Waals surface area (Å²) >= 11 is 1.93. The SMILES string of the molecule is CC(C)(C)C1CCC2CNSC3CCCC(N3)NC(c3ccc(N4CCCC4)cn3)CC[C@@H]3CN(C2N1)C(C)(C)C3. The van der Waals surface area contributed by atoms with Crippen LogP contribution in [0.1, 0.15) is 111 Å². The van der Waals surface area contributed by atoms with Gasteiger partial charge in [0.15, 0.2) is 0 Å². The smallest absolute Gasteiger partial charge is 0.0690 e. The predicted molar refractivity (Wildman–Crippen MR) is 173 cm³/mol. The monoisotopic (exact) mass is 583 g/mol. The summed E-state index contributed by atoms with van der Waals surface area (Å²) in [5.74, 6) is 1.35. The minimum atomic E-state index is 0.210. The van der Waals surface area contributed by atoms with Gasteiger partial charge in [-0.25, -0.2) is 0 Å². The fourth-order valence-electron chi connectivity index (χ4n) is 8.41. The van der Waals surface area contributed by atoms with Crippen molar-refractivity contribution in [1.29, 1.82) is 0 Å². The Kier molecular flexibility index (Phi) is 9.27. The van der Waals surface area contributed by atoms with Crippen LogP contribution in [0.5, 0.6) is 0 Å². The van der Waals surface area contributed by atoms with Crippen molar-refractivity contribution < 1.29 is 0 Å². The summed E-state index contributed by atoms with van der Waals surface area (Å²) in [4.78, 5) is 10.4. The summed E-state index contributed by atoms with van der Waals surface area (Å²) in [6.45, 7) is 16.8. The number of piperidine rings is 2. The highest BCUT2D eigenvalue weighted by molar-refractivity contribution is 7.98. The maximum absolute atomic E-state index is 5.07. The van der Waals surface area contributed by atoms with Gasteiger partial charge in [-0.05, 0) is 102 Å². The summed E-state index contributed by atoms with van der Waals surface area (Å²) in [6.07, 6.45) is 15.4. The molecule has 1 aromatic heterocycles. The van der Waals surface area contributed by atoms with Crippen LogP contribution < -0.4 is 25.6 Å². The molecule has 7 nitrogen and oxygen atoms in total. The Labute approximate surface area is 254 Å². The molecule has 0 aromatic carbocycles. The van der Waals surface area contributed by atoms with Crippen molar-refractivity contribution >= 4 is 17.6 Å². The third kappa shape index (κ3) is 7.09. The predicted octanol–water partition coefficient (Wildman–Crippen LogP) is 5.61. The lowest BCUT2D eigenvalue weighted by Gasteiger charge is -2.50. The van der Waals surface area contributed by atoms with Crippen molar-refractivity contribution in [3.63, 3.8) is 0 Å². The number of nitrogens with zero attached hydrogens (tertiary/aromatic N) is 3. The fourth-order valence-corrected chi connectivity index (χ4v) is 9.44. The Morgan fingerprint density at radius 1 is 0.927 bits per heavy atom. The molecule has 0 amide bonds. The third-order valence-corrected chi connectivity index (χ3v) is 11.8. The van der Waals surface area contributed by atoms with Crippen LogP contribution in [-0.2, 0) is 0 Å². The second-order valence-corrected chi connectivity index (χ2v) is 16.5. The van der Waals surface area contributed by atoms with Crippen LogP contribution in [0.2, 0.25) is 0 Å². The van der Waals surface area contributed by atoms with Gasteiger partial charge in [0, 0.05) is 43.7 Å². The molecule has 8 atom stereocenters. The topological polar surface area (TPSA) is 67.5 Å². The Bertz CT molecular complexity index is 988. The number of nitrogens with one attached hydrogen (secondary N) is 4. The Morgan fingerprint density at radius 3 is 2.51 bits per heavy atom. The molecule has 5 aliphatic rings. The lowest BCUT2D eigenvalue weighted by molar-refractivity contribution is 0.00552. The number of pyridine rings is 1. The van der Waals surface area contributed by atoms with Gasteiger partial charge in [-0.15, -0.1) is 0 Å². The molecule has 4 bridgehead atoms.